The van der Waals surface area contributed by atoms with E-state index in [4.69, 9.17) is 9.88 Å². The molecule has 0 bridgehead atoms. The topological polar surface area (TPSA) is 162 Å². The van der Waals surface area contributed by atoms with Crippen molar-refractivity contribution >= 4 is 43.4 Å². The van der Waals surface area contributed by atoms with Gasteiger partial charge >= 0.3 is 0 Å². The monoisotopic (exact) mass is 557 g/mol. The zero-order valence-electron chi connectivity index (χ0n) is 20.8. The van der Waals surface area contributed by atoms with Crippen molar-refractivity contribution in [3.63, 3.8) is 0 Å². The van der Waals surface area contributed by atoms with Crippen LogP contribution >= 0.6 is 11.3 Å². The van der Waals surface area contributed by atoms with E-state index in [-0.39, 0.29) is 22.8 Å². The molecular weight excluding hydrogens is 530 g/mol. The van der Waals surface area contributed by atoms with Crippen molar-refractivity contribution < 1.29 is 17.9 Å². The second kappa shape index (κ2) is 10.6. The summed E-state index contributed by atoms with van der Waals surface area (Å²) in [4.78, 5) is 30.0. The number of rotatable bonds is 8. The molecule has 2 N–H and O–H groups in total. The van der Waals surface area contributed by atoms with Crippen LogP contribution in [0.2, 0.25) is 0 Å². The minimum atomic E-state index is -3.87. The lowest BCUT2D eigenvalue weighted by molar-refractivity contribution is -0.136. The second-order valence-corrected chi connectivity index (χ2v) is 11.9. The van der Waals surface area contributed by atoms with Crippen LogP contribution in [0.3, 0.4) is 0 Å². The van der Waals surface area contributed by atoms with Gasteiger partial charge in [-0.1, -0.05) is 19.1 Å². The second-order valence-electron chi connectivity index (χ2n) is 9.18. The average molecular weight is 558 g/mol. The molecule has 1 unspecified atom stereocenters. The van der Waals surface area contributed by atoms with Crippen LogP contribution in [0.1, 0.15) is 25.6 Å². The van der Waals surface area contributed by atoms with Crippen LogP contribution in [0.5, 0.6) is 5.75 Å². The SMILES string of the molecule is CC(C)C(C(=O)N1CCN(c2ncccn2)CC1)n1cc(COc2ccc3nc(S(N)(=O)=O)sc3c2)nn1. The Morgan fingerprint density at radius 2 is 1.89 bits per heavy atom. The molecule has 4 heterocycles. The van der Waals surface area contributed by atoms with Crippen LogP contribution in [0.4, 0.5) is 5.95 Å². The van der Waals surface area contributed by atoms with Gasteiger partial charge in [0.2, 0.25) is 16.2 Å². The van der Waals surface area contributed by atoms with Gasteiger partial charge in [0.05, 0.1) is 16.4 Å². The minimum Gasteiger partial charge on any atom is -0.487 e. The summed E-state index contributed by atoms with van der Waals surface area (Å²) in [6, 6.07) is 6.34. The third kappa shape index (κ3) is 5.58. The van der Waals surface area contributed by atoms with Gasteiger partial charge in [-0.25, -0.2) is 33.2 Å². The number of aromatic nitrogens is 6. The van der Waals surface area contributed by atoms with Crippen molar-refractivity contribution in [3.05, 3.63) is 48.5 Å². The summed E-state index contributed by atoms with van der Waals surface area (Å²) in [5.74, 6) is 1.18. The Bertz CT molecular complexity index is 1530. The number of benzene rings is 1. The maximum atomic E-state index is 13.5. The summed E-state index contributed by atoms with van der Waals surface area (Å²) >= 11 is 0.979. The third-order valence-corrected chi connectivity index (χ3v) is 8.46. The summed E-state index contributed by atoms with van der Waals surface area (Å²) in [6.45, 7) is 6.53. The van der Waals surface area contributed by atoms with E-state index < -0.39 is 16.1 Å². The number of hydrogen-bond acceptors (Lipinski definition) is 11. The predicted octanol–water partition coefficient (Wildman–Crippen LogP) is 1.45. The molecule has 1 amide bonds. The normalized spacial score (nSPS) is 15.3. The van der Waals surface area contributed by atoms with E-state index >= 15 is 0 Å². The molecule has 1 atom stereocenters. The molecule has 1 aliphatic heterocycles. The number of amides is 1. The van der Waals surface area contributed by atoms with Gasteiger partial charge in [-0.2, -0.15) is 0 Å². The molecule has 3 aromatic heterocycles. The number of carbonyl (C=O) groups is 1. The molecule has 5 rings (SSSR count). The quantitative estimate of drug-likeness (QED) is 0.335. The van der Waals surface area contributed by atoms with Crippen LogP contribution in [0.15, 0.2) is 47.2 Å². The number of carbonyl (C=O) groups excluding carboxylic acids is 1. The highest BCUT2D eigenvalue weighted by atomic mass is 32.2. The fraction of sp³-hybridized carbons (Fsp3) is 0.391. The van der Waals surface area contributed by atoms with Crippen molar-refractivity contribution in [1.82, 2.24) is 34.8 Å². The fourth-order valence-corrected chi connectivity index (χ4v) is 5.93. The number of hydrogen-bond donors (Lipinski definition) is 1. The Balaban J connectivity index is 1.23. The summed E-state index contributed by atoms with van der Waals surface area (Å²) in [6.07, 6.45) is 5.15. The van der Waals surface area contributed by atoms with E-state index in [0.717, 1.165) is 11.3 Å². The Labute approximate surface area is 223 Å². The van der Waals surface area contributed by atoms with Crippen molar-refractivity contribution in [2.45, 2.75) is 30.8 Å². The van der Waals surface area contributed by atoms with E-state index in [2.05, 4.69) is 30.2 Å². The van der Waals surface area contributed by atoms with Gasteiger partial charge in [0.15, 0.2) is 0 Å². The molecular formula is C23H27N9O4S2. The Morgan fingerprint density at radius 3 is 2.58 bits per heavy atom. The molecule has 200 valence electrons. The molecule has 1 aromatic carbocycles. The third-order valence-electron chi connectivity index (χ3n) is 6.12. The Kier molecular flexibility index (Phi) is 7.23. The summed E-state index contributed by atoms with van der Waals surface area (Å²) in [5, 5.41) is 13.6. The van der Waals surface area contributed by atoms with Crippen molar-refractivity contribution in [2.75, 3.05) is 31.1 Å². The fourth-order valence-electron chi connectivity index (χ4n) is 4.24. The zero-order chi connectivity index (χ0) is 26.9. The number of primary sulfonamides is 1. The standard InChI is InChI=1S/C23H27N9O4S2/c1-15(2)20(21(33)30-8-10-31(11-9-30)22-25-6-3-7-26-22)32-13-16(28-29-32)14-36-17-4-5-18-19(12-17)37-23(27-18)38(24,34)35/h3-7,12-13,15,20H,8-11,14H2,1-2H3,(H2,24,34,35). The number of piperazine rings is 1. The molecule has 0 spiro atoms. The number of fused-ring (bicyclic) bond motifs is 1. The average Bonchev–Trinajstić information content (AvgIpc) is 3.55. The van der Waals surface area contributed by atoms with Crippen LogP contribution in [0.25, 0.3) is 10.2 Å². The highest BCUT2D eigenvalue weighted by Crippen LogP contribution is 2.29. The first-order valence-corrected chi connectivity index (χ1v) is 14.3. The number of nitrogens with zero attached hydrogens (tertiary/aromatic N) is 8. The number of thiazole rings is 1. The predicted molar refractivity (Wildman–Crippen MR) is 140 cm³/mol. The van der Waals surface area contributed by atoms with Gasteiger partial charge in [0, 0.05) is 38.6 Å². The van der Waals surface area contributed by atoms with Gasteiger partial charge in [-0.15, -0.1) is 16.4 Å². The molecule has 15 heteroatoms. The summed E-state index contributed by atoms with van der Waals surface area (Å²) in [5.41, 5.74) is 1.08. The molecule has 0 radical (unpaired) electrons. The molecule has 38 heavy (non-hydrogen) atoms. The van der Waals surface area contributed by atoms with Crippen LogP contribution < -0.4 is 14.8 Å². The molecule has 1 fully saturated rings. The van der Waals surface area contributed by atoms with Gasteiger partial charge in [-0.05, 0) is 30.2 Å². The van der Waals surface area contributed by atoms with E-state index in [1.807, 2.05) is 18.7 Å². The van der Waals surface area contributed by atoms with Crippen LogP contribution in [0, 0.1) is 5.92 Å². The minimum absolute atomic E-state index is 0.00443. The molecule has 13 nitrogen and oxygen atoms in total. The van der Waals surface area contributed by atoms with E-state index in [1.165, 1.54) is 0 Å². The van der Waals surface area contributed by atoms with Crippen LogP contribution in [-0.4, -0.2) is 75.3 Å². The number of sulfonamides is 1. The molecule has 0 aliphatic carbocycles. The molecule has 1 aliphatic rings. The maximum Gasteiger partial charge on any atom is 0.265 e. The first-order chi connectivity index (χ1) is 18.2. The molecule has 1 saturated heterocycles. The van der Waals surface area contributed by atoms with Gasteiger partial charge in [0.1, 0.15) is 24.1 Å². The van der Waals surface area contributed by atoms with Gasteiger partial charge < -0.3 is 14.5 Å². The van der Waals surface area contributed by atoms with Crippen LogP contribution in [-0.2, 0) is 21.4 Å². The van der Waals surface area contributed by atoms with Crippen molar-refractivity contribution in [2.24, 2.45) is 11.1 Å². The van der Waals surface area contributed by atoms with Crippen molar-refractivity contribution in [1.29, 1.82) is 0 Å². The lowest BCUT2D eigenvalue weighted by atomic mass is 10.0. The molecule has 4 aromatic rings. The lowest BCUT2D eigenvalue weighted by Gasteiger charge is -2.37. The first-order valence-electron chi connectivity index (χ1n) is 12.0. The summed E-state index contributed by atoms with van der Waals surface area (Å²) in [7, 11) is -3.87. The molecule has 0 saturated carbocycles. The highest BCUT2D eigenvalue weighted by molar-refractivity contribution is 7.91. The largest absolute Gasteiger partial charge is 0.487 e. The first kappa shape index (κ1) is 25.9. The van der Waals surface area contributed by atoms with E-state index in [9.17, 15) is 13.2 Å². The number of ether oxygens (including phenoxy) is 1. The smallest absolute Gasteiger partial charge is 0.265 e. The zero-order valence-corrected chi connectivity index (χ0v) is 22.5. The number of anilines is 1. The highest BCUT2D eigenvalue weighted by Gasteiger charge is 2.32. The van der Waals surface area contributed by atoms with Crippen molar-refractivity contribution in [3.8, 4) is 5.75 Å². The Hall–Kier alpha value is -3.69. The number of nitrogens with two attached hydrogens (primary N) is 1. The summed E-state index contributed by atoms with van der Waals surface area (Å²) < 4.78 is 31.1. The Morgan fingerprint density at radius 1 is 1.16 bits per heavy atom. The van der Waals surface area contributed by atoms with Gasteiger partial charge in [0.25, 0.3) is 10.0 Å². The lowest BCUT2D eigenvalue weighted by Crippen LogP contribution is -2.51. The van der Waals surface area contributed by atoms with Gasteiger partial charge in [-0.3, -0.25) is 4.79 Å². The van der Waals surface area contributed by atoms with E-state index in [1.54, 1.807) is 47.5 Å². The maximum absolute atomic E-state index is 13.5. The van der Waals surface area contributed by atoms with E-state index in [0.29, 0.717) is 53.8 Å².